The first-order chi connectivity index (χ1) is 20.6. The fourth-order valence-electron chi connectivity index (χ4n) is 4.15. The Bertz CT molecular complexity index is 1140. The number of esters is 1. The van der Waals surface area contributed by atoms with Crippen molar-refractivity contribution in [3.05, 3.63) is 53.9 Å². The largest absolute Gasteiger partial charge is 0.492 e. The SMILES string of the molecule is CCCCOc1ccc(C[C@@H](NC(=O)OC(C)(C)C)C(=O)Oc2ccc(CCCC(=O)NOC3CCCCO3)cc2)nc1. The summed E-state index contributed by atoms with van der Waals surface area (Å²) in [6.07, 6.45) is 6.96. The summed E-state index contributed by atoms with van der Waals surface area (Å²) in [6.45, 7) is 8.57. The number of carbonyl (C=O) groups is 3. The third-order valence-corrected chi connectivity index (χ3v) is 6.41. The minimum absolute atomic E-state index is 0.101. The van der Waals surface area contributed by atoms with Crippen molar-refractivity contribution in [2.24, 2.45) is 0 Å². The molecule has 1 saturated heterocycles. The Hall–Kier alpha value is -3.70. The number of nitrogens with zero attached hydrogens (tertiary/aromatic N) is 1. The van der Waals surface area contributed by atoms with E-state index in [1.165, 1.54) is 0 Å². The first-order valence-electron chi connectivity index (χ1n) is 15.1. The fraction of sp³-hybridized carbons (Fsp3) is 0.562. The molecule has 2 N–H and O–H groups in total. The quantitative estimate of drug-likeness (QED) is 0.123. The summed E-state index contributed by atoms with van der Waals surface area (Å²) < 4.78 is 22.1. The molecule has 2 amide bonds. The van der Waals surface area contributed by atoms with Crippen LogP contribution >= 0.6 is 0 Å². The summed E-state index contributed by atoms with van der Waals surface area (Å²) in [7, 11) is 0. The van der Waals surface area contributed by atoms with Crippen molar-refractivity contribution in [3.8, 4) is 11.5 Å². The van der Waals surface area contributed by atoms with Gasteiger partial charge in [-0.1, -0.05) is 25.5 Å². The van der Waals surface area contributed by atoms with Crippen molar-refractivity contribution in [1.29, 1.82) is 0 Å². The molecule has 0 saturated carbocycles. The van der Waals surface area contributed by atoms with Gasteiger partial charge in [0.25, 0.3) is 0 Å². The fourth-order valence-corrected chi connectivity index (χ4v) is 4.15. The second-order valence-electron chi connectivity index (χ2n) is 11.4. The number of unbranched alkanes of at least 4 members (excludes halogenated alkanes) is 1. The zero-order valence-corrected chi connectivity index (χ0v) is 25.7. The van der Waals surface area contributed by atoms with E-state index in [0.717, 1.165) is 37.7 Å². The van der Waals surface area contributed by atoms with E-state index in [2.05, 4.69) is 22.7 Å². The highest BCUT2D eigenvalue weighted by Crippen LogP contribution is 2.17. The third-order valence-electron chi connectivity index (χ3n) is 6.41. The average Bonchev–Trinajstić information content (AvgIpc) is 2.97. The van der Waals surface area contributed by atoms with E-state index in [-0.39, 0.29) is 18.6 Å². The Labute approximate surface area is 253 Å². The van der Waals surface area contributed by atoms with Crippen molar-refractivity contribution >= 4 is 18.0 Å². The van der Waals surface area contributed by atoms with Crippen LogP contribution in [0.25, 0.3) is 0 Å². The number of alkyl carbamates (subject to hydrolysis) is 1. The number of rotatable bonds is 15. The van der Waals surface area contributed by atoms with Gasteiger partial charge in [0.1, 0.15) is 23.1 Å². The van der Waals surface area contributed by atoms with Gasteiger partial charge >= 0.3 is 12.1 Å². The summed E-state index contributed by atoms with van der Waals surface area (Å²) in [4.78, 5) is 47.4. The maximum absolute atomic E-state index is 13.2. The number of benzene rings is 1. The van der Waals surface area contributed by atoms with Crippen LogP contribution in [0.3, 0.4) is 0 Å². The van der Waals surface area contributed by atoms with E-state index in [0.29, 0.717) is 49.7 Å². The molecule has 236 valence electrons. The van der Waals surface area contributed by atoms with Crippen LogP contribution in [-0.2, 0) is 36.7 Å². The molecule has 43 heavy (non-hydrogen) atoms. The normalized spacial score (nSPS) is 15.7. The standard InChI is InChI=1S/C32H45N3O8/c1-5-6-19-39-26-18-15-24(33-22-26)21-27(34-31(38)42-32(2,3)4)30(37)41-25-16-13-23(14-17-25)10-9-11-28(36)35-43-29-12-7-8-20-40-29/h13-18,22,27,29H,5-12,19-21H2,1-4H3,(H,34,38)(H,35,36)/t27-,29?/m1/s1. The van der Waals surface area contributed by atoms with Gasteiger partial charge in [-0.2, -0.15) is 0 Å². The van der Waals surface area contributed by atoms with Crippen molar-refractivity contribution in [3.63, 3.8) is 0 Å². The number of aromatic nitrogens is 1. The monoisotopic (exact) mass is 599 g/mol. The summed E-state index contributed by atoms with van der Waals surface area (Å²) in [5, 5.41) is 2.62. The molecule has 0 bridgehead atoms. The maximum Gasteiger partial charge on any atom is 0.408 e. The van der Waals surface area contributed by atoms with Gasteiger partial charge in [-0.3, -0.25) is 9.78 Å². The van der Waals surface area contributed by atoms with Gasteiger partial charge in [0, 0.05) is 31.6 Å². The van der Waals surface area contributed by atoms with Gasteiger partial charge in [-0.15, -0.1) is 0 Å². The first-order valence-corrected chi connectivity index (χ1v) is 15.1. The Morgan fingerprint density at radius 3 is 2.47 bits per heavy atom. The van der Waals surface area contributed by atoms with Crippen LogP contribution in [0.2, 0.25) is 0 Å². The summed E-state index contributed by atoms with van der Waals surface area (Å²) >= 11 is 0. The van der Waals surface area contributed by atoms with E-state index >= 15 is 0 Å². The van der Waals surface area contributed by atoms with E-state index in [9.17, 15) is 14.4 Å². The zero-order valence-electron chi connectivity index (χ0n) is 25.7. The molecule has 2 heterocycles. The molecule has 1 fully saturated rings. The Balaban J connectivity index is 1.51. The molecule has 0 spiro atoms. The zero-order chi connectivity index (χ0) is 31.1. The molecule has 0 radical (unpaired) electrons. The van der Waals surface area contributed by atoms with Crippen molar-refractivity contribution < 1.29 is 38.2 Å². The predicted molar refractivity (Wildman–Crippen MR) is 159 cm³/mol. The van der Waals surface area contributed by atoms with Crippen molar-refractivity contribution in [1.82, 2.24) is 15.8 Å². The van der Waals surface area contributed by atoms with Gasteiger partial charge in [-0.25, -0.2) is 19.9 Å². The lowest BCUT2D eigenvalue weighted by molar-refractivity contribution is -0.200. The molecular weight excluding hydrogens is 554 g/mol. The molecule has 1 aliphatic rings. The number of amides is 2. The molecule has 1 aliphatic heterocycles. The second-order valence-corrected chi connectivity index (χ2v) is 11.4. The van der Waals surface area contributed by atoms with Crippen LogP contribution in [0.15, 0.2) is 42.6 Å². The lowest BCUT2D eigenvalue weighted by Gasteiger charge is -2.23. The molecule has 11 heteroatoms. The lowest BCUT2D eigenvalue weighted by Crippen LogP contribution is -2.46. The number of aryl methyl sites for hydroxylation is 1. The van der Waals surface area contributed by atoms with Crippen LogP contribution in [0.5, 0.6) is 11.5 Å². The van der Waals surface area contributed by atoms with Crippen LogP contribution in [-0.4, -0.2) is 54.1 Å². The molecule has 0 aliphatic carbocycles. The average molecular weight is 600 g/mol. The van der Waals surface area contributed by atoms with Gasteiger partial charge in [0.15, 0.2) is 6.29 Å². The maximum atomic E-state index is 13.2. The highest BCUT2D eigenvalue weighted by Gasteiger charge is 2.27. The van der Waals surface area contributed by atoms with E-state index in [4.69, 9.17) is 23.8 Å². The molecule has 1 unspecified atom stereocenters. The van der Waals surface area contributed by atoms with Crippen molar-refractivity contribution in [2.45, 2.75) is 103 Å². The van der Waals surface area contributed by atoms with E-state index in [1.54, 1.807) is 51.2 Å². The van der Waals surface area contributed by atoms with E-state index in [1.807, 2.05) is 12.1 Å². The van der Waals surface area contributed by atoms with Gasteiger partial charge < -0.3 is 24.3 Å². The highest BCUT2D eigenvalue weighted by atomic mass is 16.8. The number of carbonyl (C=O) groups excluding carboxylic acids is 3. The minimum Gasteiger partial charge on any atom is -0.492 e. The summed E-state index contributed by atoms with van der Waals surface area (Å²) in [6, 6.07) is 9.54. The number of hydroxylamine groups is 1. The summed E-state index contributed by atoms with van der Waals surface area (Å²) in [5.74, 6) is 0.120. The van der Waals surface area contributed by atoms with Gasteiger partial charge in [0.2, 0.25) is 5.91 Å². The smallest absolute Gasteiger partial charge is 0.408 e. The van der Waals surface area contributed by atoms with Crippen molar-refractivity contribution in [2.75, 3.05) is 13.2 Å². The topological polar surface area (TPSA) is 134 Å². The number of nitrogens with one attached hydrogen (secondary N) is 2. The van der Waals surface area contributed by atoms with Crippen LogP contribution in [0.4, 0.5) is 4.79 Å². The Kier molecular flexibility index (Phi) is 13.7. The number of hydrogen-bond donors (Lipinski definition) is 2. The molecule has 2 aromatic rings. The highest BCUT2D eigenvalue weighted by molar-refractivity contribution is 5.83. The lowest BCUT2D eigenvalue weighted by atomic mass is 10.1. The van der Waals surface area contributed by atoms with Gasteiger partial charge in [-0.05, 0) is 82.7 Å². The molecule has 1 aromatic heterocycles. The molecule has 3 rings (SSSR count). The predicted octanol–water partition coefficient (Wildman–Crippen LogP) is 5.20. The summed E-state index contributed by atoms with van der Waals surface area (Å²) in [5.41, 5.74) is 3.30. The Morgan fingerprint density at radius 1 is 1.05 bits per heavy atom. The number of pyridine rings is 1. The minimum atomic E-state index is -1.03. The molecule has 11 nitrogen and oxygen atoms in total. The second kappa shape index (κ2) is 17.4. The molecule has 1 aromatic carbocycles. The Morgan fingerprint density at radius 2 is 1.81 bits per heavy atom. The number of ether oxygens (including phenoxy) is 4. The molecular formula is C32H45N3O8. The van der Waals surface area contributed by atoms with E-state index < -0.39 is 23.7 Å². The van der Waals surface area contributed by atoms with Crippen LogP contribution in [0, 0.1) is 0 Å². The first kappa shape index (κ1) is 33.8. The third kappa shape index (κ3) is 13.4. The van der Waals surface area contributed by atoms with Gasteiger partial charge in [0.05, 0.1) is 12.8 Å². The number of hydrogen-bond acceptors (Lipinski definition) is 9. The van der Waals surface area contributed by atoms with Crippen LogP contribution < -0.4 is 20.3 Å². The molecule has 2 atom stereocenters. The van der Waals surface area contributed by atoms with Crippen LogP contribution in [0.1, 0.15) is 83.9 Å².